The molecule has 1 heterocycles. The lowest BCUT2D eigenvalue weighted by Crippen LogP contribution is -2.31. The molecule has 1 saturated heterocycles. The highest BCUT2D eigenvalue weighted by Crippen LogP contribution is 2.19. The molecule has 1 fully saturated rings. The van der Waals surface area contributed by atoms with Crippen molar-refractivity contribution in [3.63, 3.8) is 0 Å². The van der Waals surface area contributed by atoms with E-state index in [0.717, 1.165) is 6.61 Å². The minimum atomic E-state index is -0.698. The zero-order chi connectivity index (χ0) is 7.61. The van der Waals surface area contributed by atoms with E-state index in [1.165, 1.54) is 19.3 Å². The third kappa shape index (κ3) is 2.10. The van der Waals surface area contributed by atoms with Gasteiger partial charge in [0.25, 0.3) is 0 Å². The Bertz CT molecular complexity index is 141. The minimum Gasteiger partial charge on any atom is -0.337 e. The van der Waals surface area contributed by atoms with Crippen LogP contribution in [-0.4, -0.2) is 30.4 Å². The average Bonchev–Trinajstić information content (AvgIpc) is 1.88. The zero-order valence-electron chi connectivity index (χ0n) is 6.93. The zero-order valence-corrected chi connectivity index (χ0v) is 7.75. The van der Waals surface area contributed by atoms with Gasteiger partial charge in [-0.2, -0.15) is 0 Å². The Kier molecular flexibility index (Phi) is 2.53. The molecule has 0 aromatic heterocycles. The summed E-state index contributed by atoms with van der Waals surface area (Å²) < 4.78 is 5.62. The average molecular weight is 161 g/mol. The fourth-order valence-corrected chi connectivity index (χ4v) is 2.48. The van der Waals surface area contributed by atoms with Gasteiger partial charge in [-0.25, -0.2) is 0 Å². The quantitative estimate of drug-likeness (QED) is 0.417. The van der Waals surface area contributed by atoms with Crippen molar-refractivity contribution < 1.29 is 4.74 Å². The van der Waals surface area contributed by atoms with Gasteiger partial charge >= 0.3 is 0 Å². The lowest BCUT2D eigenvalue weighted by atomic mass is 10.2. The topological polar surface area (TPSA) is 9.23 Å². The summed E-state index contributed by atoms with van der Waals surface area (Å²) in [4.78, 5) is 0. The van der Waals surface area contributed by atoms with Crippen molar-refractivity contribution in [2.24, 2.45) is 0 Å². The van der Waals surface area contributed by atoms with Gasteiger partial charge in [0.05, 0.1) is 19.1 Å². The van der Waals surface area contributed by atoms with Crippen LogP contribution in [0.25, 0.3) is 0 Å². The minimum absolute atomic E-state index is 0.473. The Morgan fingerprint density at radius 2 is 2.10 bits per heavy atom. The molecule has 0 aliphatic carbocycles. The van der Waals surface area contributed by atoms with Gasteiger partial charge in [-0.05, 0) is 12.8 Å². The van der Waals surface area contributed by atoms with Crippen molar-refractivity contribution in [1.82, 2.24) is 0 Å². The second kappa shape index (κ2) is 3.05. The molecule has 60 valence electrons. The third-order valence-corrected chi connectivity index (χ3v) is 3.64. The normalized spacial score (nSPS) is 28.4. The van der Waals surface area contributed by atoms with Crippen LogP contribution in [0.2, 0.25) is 0 Å². The molecule has 0 bridgehead atoms. The van der Waals surface area contributed by atoms with E-state index in [0.29, 0.717) is 5.44 Å². The van der Waals surface area contributed by atoms with Crippen LogP contribution in [0.1, 0.15) is 19.3 Å². The summed E-state index contributed by atoms with van der Waals surface area (Å²) in [5.41, 5.74) is 0.473. The maximum absolute atomic E-state index is 5.62. The summed E-state index contributed by atoms with van der Waals surface area (Å²) in [5, 5.41) is 0. The van der Waals surface area contributed by atoms with Crippen LogP contribution in [0.4, 0.5) is 0 Å². The summed E-state index contributed by atoms with van der Waals surface area (Å²) in [7, 11) is -0.698. The van der Waals surface area contributed by atoms with Gasteiger partial charge in [0.15, 0.2) is 5.44 Å². The molecule has 0 amide bonds. The predicted octanol–water partition coefficient (Wildman–Crippen LogP) is 1.36. The second-order valence-corrected chi connectivity index (χ2v) is 7.19. The fourth-order valence-electron chi connectivity index (χ4n) is 1.21. The predicted molar refractivity (Wildman–Crippen MR) is 49.9 cm³/mol. The highest BCUT2D eigenvalue weighted by Gasteiger charge is 2.24. The third-order valence-electron chi connectivity index (χ3n) is 1.85. The number of rotatable bonds is 1. The van der Waals surface area contributed by atoms with E-state index in [9.17, 15) is 0 Å². The molecule has 1 unspecified atom stereocenters. The van der Waals surface area contributed by atoms with Crippen molar-refractivity contribution in [3.05, 3.63) is 0 Å². The molecule has 0 radical (unpaired) electrons. The van der Waals surface area contributed by atoms with E-state index in [2.05, 4.69) is 18.4 Å². The summed E-state index contributed by atoms with van der Waals surface area (Å²) >= 11 is 0. The molecule has 0 aromatic rings. The molecule has 0 saturated carbocycles. The van der Waals surface area contributed by atoms with E-state index >= 15 is 0 Å². The molecule has 1 atom stereocenters. The largest absolute Gasteiger partial charge is 0.337 e. The van der Waals surface area contributed by atoms with Crippen LogP contribution in [0.5, 0.6) is 0 Å². The van der Waals surface area contributed by atoms with Crippen LogP contribution < -0.4 is 0 Å². The second-order valence-electron chi connectivity index (χ2n) is 3.42. The molecule has 1 rings (SSSR count). The molecular formula is C8H17OS+. The Hall–Kier alpha value is 0.180. The number of hydrogen-bond donors (Lipinski definition) is 0. The van der Waals surface area contributed by atoms with Crippen molar-refractivity contribution >= 4 is 15.5 Å². The van der Waals surface area contributed by atoms with Gasteiger partial charge in [0.1, 0.15) is 0 Å². The van der Waals surface area contributed by atoms with E-state index in [1.54, 1.807) is 0 Å². The number of hydrogen-bond acceptors (Lipinski definition) is 1. The Morgan fingerprint density at radius 3 is 2.40 bits per heavy atom. The Morgan fingerprint density at radius 1 is 1.40 bits per heavy atom. The lowest BCUT2D eigenvalue weighted by Gasteiger charge is -2.25. The smallest absolute Gasteiger partial charge is 0.184 e. The first kappa shape index (κ1) is 8.28. The summed E-state index contributed by atoms with van der Waals surface area (Å²) in [5.74, 6) is 4.15. The summed E-state index contributed by atoms with van der Waals surface area (Å²) in [6.07, 6.45) is 8.25. The Balaban J connectivity index is 2.47. The van der Waals surface area contributed by atoms with Gasteiger partial charge in [0.2, 0.25) is 0 Å². The van der Waals surface area contributed by atoms with E-state index in [1.807, 2.05) is 0 Å². The SMILES string of the molecule is C=[S+](C)(C)C1CCCCO1. The van der Waals surface area contributed by atoms with Crippen LogP contribution in [0.3, 0.4) is 0 Å². The molecule has 0 N–H and O–H groups in total. The molecule has 0 spiro atoms. The van der Waals surface area contributed by atoms with Gasteiger partial charge < -0.3 is 4.74 Å². The lowest BCUT2D eigenvalue weighted by molar-refractivity contribution is 0.0707. The summed E-state index contributed by atoms with van der Waals surface area (Å²) in [6, 6.07) is 0. The molecular weight excluding hydrogens is 144 g/mol. The monoisotopic (exact) mass is 161 g/mol. The van der Waals surface area contributed by atoms with Crippen LogP contribution in [0.15, 0.2) is 0 Å². The van der Waals surface area contributed by atoms with E-state index in [4.69, 9.17) is 4.74 Å². The van der Waals surface area contributed by atoms with Crippen molar-refractivity contribution in [2.45, 2.75) is 24.7 Å². The standard InChI is InChI=1S/C8H17OS/c1-10(2,3)8-6-4-5-7-9-8/h8H,1,4-7H2,2-3H3/q+1. The van der Waals surface area contributed by atoms with Crippen LogP contribution >= 0.6 is 0 Å². The van der Waals surface area contributed by atoms with Crippen molar-refractivity contribution in [2.75, 3.05) is 19.1 Å². The van der Waals surface area contributed by atoms with Crippen molar-refractivity contribution in [3.8, 4) is 0 Å². The highest BCUT2D eigenvalue weighted by atomic mass is 32.2. The molecule has 2 heteroatoms. The van der Waals surface area contributed by atoms with E-state index in [-0.39, 0.29) is 0 Å². The first-order valence-electron chi connectivity index (χ1n) is 3.77. The maximum atomic E-state index is 5.62. The van der Waals surface area contributed by atoms with Crippen molar-refractivity contribution in [1.29, 1.82) is 0 Å². The van der Waals surface area contributed by atoms with Gasteiger partial charge in [-0.1, -0.05) is 0 Å². The number of ether oxygens (including phenoxy) is 1. The summed E-state index contributed by atoms with van der Waals surface area (Å²) in [6.45, 7) is 0.955. The van der Waals surface area contributed by atoms with E-state index < -0.39 is 9.62 Å². The first-order valence-corrected chi connectivity index (χ1v) is 6.46. The molecule has 1 nitrogen and oxygen atoms in total. The highest BCUT2D eigenvalue weighted by molar-refractivity contribution is 8.10. The molecule has 1 aliphatic rings. The van der Waals surface area contributed by atoms with Gasteiger partial charge in [-0.3, -0.25) is 0 Å². The first-order chi connectivity index (χ1) is 4.61. The maximum Gasteiger partial charge on any atom is 0.184 e. The molecule has 10 heavy (non-hydrogen) atoms. The molecule has 1 aliphatic heterocycles. The Labute approximate surface area is 64.7 Å². The van der Waals surface area contributed by atoms with Gasteiger partial charge in [0, 0.05) is 12.3 Å². The van der Waals surface area contributed by atoms with Gasteiger partial charge in [-0.15, -0.1) is 9.62 Å². The van der Waals surface area contributed by atoms with Crippen LogP contribution in [-0.2, 0) is 14.4 Å². The van der Waals surface area contributed by atoms with Crippen LogP contribution in [0, 0.1) is 0 Å². The molecule has 0 aromatic carbocycles. The fraction of sp³-hybridized carbons (Fsp3) is 0.875.